The Morgan fingerprint density at radius 1 is 1.47 bits per heavy atom. The van der Waals surface area contributed by atoms with Crippen LogP contribution in [0.1, 0.15) is 38.0 Å². The van der Waals surface area contributed by atoms with Crippen molar-refractivity contribution >= 4 is 21.4 Å². The second-order valence-electron chi connectivity index (χ2n) is 5.19. The van der Waals surface area contributed by atoms with Crippen LogP contribution in [0.2, 0.25) is 0 Å². The maximum atomic E-state index is 12.4. The molecule has 0 amide bonds. The molecule has 4 nitrogen and oxygen atoms in total. The van der Waals surface area contributed by atoms with Gasteiger partial charge in [0.25, 0.3) is 0 Å². The first-order chi connectivity index (χ1) is 9.03. The summed E-state index contributed by atoms with van der Waals surface area (Å²) in [5.41, 5.74) is 0. The average molecular weight is 302 g/mol. The zero-order valence-electron chi connectivity index (χ0n) is 11.5. The lowest BCUT2D eigenvalue weighted by Gasteiger charge is -2.14. The molecule has 1 aromatic rings. The van der Waals surface area contributed by atoms with Gasteiger partial charge in [0.1, 0.15) is 0 Å². The van der Waals surface area contributed by atoms with E-state index in [1.165, 1.54) is 24.2 Å². The molecule has 1 aromatic heterocycles. The molecule has 2 rings (SSSR count). The molecule has 1 unspecified atom stereocenters. The zero-order valence-corrected chi connectivity index (χ0v) is 13.1. The van der Waals surface area contributed by atoms with Crippen LogP contribution in [0.4, 0.5) is 0 Å². The Kier molecular flexibility index (Phi) is 5.00. The molecular weight excluding hydrogens is 280 g/mol. The Labute approximate surface area is 119 Å². The topological polar surface area (TPSA) is 58.2 Å². The minimum Gasteiger partial charge on any atom is -0.312 e. The van der Waals surface area contributed by atoms with Crippen molar-refractivity contribution in [1.82, 2.24) is 10.0 Å². The Morgan fingerprint density at radius 2 is 2.21 bits per heavy atom. The van der Waals surface area contributed by atoms with Crippen LogP contribution in [0.3, 0.4) is 0 Å². The Hall–Kier alpha value is -0.430. The van der Waals surface area contributed by atoms with Gasteiger partial charge in [-0.1, -0.05) is 19.8 Å². The number of thiophene rings is 1. The normalized spacial score (nSPS) is 17.6. The van der Waals surface area contributed by atoms with Crippen LogP contribution in [0.5, 0.6) is 0 Å². The van der Waals surface area contributed by atoms with Crippen molar-refractivity contribution in [3.63, 3.8) is 0 Å². The monoisotopic (exact) mass is 302 g/mol. The van der Waals surface area contributed by atoms with Gasteiger partial charge in [-0.25, -0.2) is 13.1 Å². The van der Waals surface area contributed by atoms with Gasteiger partial charge in [0.15, 0.2) is 0 Å². The van der Waals surface area contributed by atoms with Crippen molar-refractivity contribution in [2.45, 2.75) is 50.6 Å². The lowest BCUT2D eigenvalue weighted by molar-refractivity contribution is 0.529. The Bertz CT molecular complexity index is 506. The van der Waals surface area contributed by atoms with Gasteiger partial charge in [0.2, 0.25) is 10.0 Å². The second kappa shape index (κ2) is 6.35. The van der Waals surface area contributed by atoms with Gasteiger partial charge in [0, 0.05) is 17.5 Å². The molecule has 0 aromatic carbocycles. The van der Waals surface area contributed by atoms with E-state index in [1.54, 1.807) is 6.07 Å². The minimum atomic E-state index is -3.37. The molecule has 1 heterocycles. The molecule has 108 valence electrons. The maximum absolute atomic E-state index is 12.4. The van der Waals surface area contributed by atoms with Gasteiger partial charge in [-0.15, -0.1) is 11.3 Å². The summed E-state index contributed by atoms with van der Waals surface area (Å²) < 4.78 is 27.5. The molecule has 1 aliphatic carbocycles. The summed E-state index contributed by atoms with van der Waals surface area (Å²) in [7, 11) is -3.37. The molecule has 0 spiro atoms. The van der Waals surface area contributed by atoms with Crippen molar-refractivity contribution < 1.29 is 8.42 Å². The highest BCUT2D eigenvalue weighted by molar-refractivity contribution is 7.89. The average Bonchev–Trinajstić information content (AvgIpc) is 3.00. The van der Waals surface area contributed by atoms with Gasteiger partial charge in [-0.05, 0) is 37.3 Å². The molecule has 1 fully saturated rings. The van der Waals surface area contributed by atoms with E-state index in [1.807, 2.05) is 19.2 Å². The predicted octanol–water partition coefficient (Wildman–Crippen LogP) is 2.32. The van der Waals surface area contributed by atoms with E-state index in [-0.39, 0.29) is 6.04 Å². The lowest BCUT2D eigenvalue weighted by atomic mass is 10.2. The van der Waals surface area contributed by atoms with Crippen LogP contribution in [0.25, 0.3) is 0 Å². The first kappa shape index (κ1) is 15.0. The lowest BCUT2D eigenvalue weighted by Crippen LogP contribution is -2.33. The predicted molar refractivity (Wildman–Crippen MR) is 78.8 cm³/mol. The number of nitrogens with one attached hydrogen (secondary N) is 2. The first-order valence-corrected chi connectivity index (χ1v) is 9.18. The Morgan fingerprint density at radius 3 is 2.84 bits per heavy atom. The summed E-state index contributed by atoms with van der Waals surface area (Å²) in [6, 6.07) is 1.72. The summed E-state index contributed by atoms with van der Waals surface area (Å²) in [5, 5.41) is 5.02. The van der Waals surface area contributed by atoms with Crippen molar-refractivity contribution in [1.29, 1.82) is 0 Å². The molecule has 19 heavy (non-hydrogen) atoms. The SMILES string of the molecule is CCNCc1sccc1S(=O)(=O)NC(C)CC1CC1. The summed E-state index contributed by atoms with van der Waals surface area (Å²) in [5.74, 6) is 0.724. The minimum absolute atomic E-state index is 0.0179. The highest BCUT2D eigenvalue weighted by Crippen LogP contribution is 2.33. The molecule has 0 radical (unpaired) electrons. The highest BCUT2D eigenvalue weighted by atomic mass is 32.2. The number of sulfonamides is 1. The summed E-state index contributed by atoms with van der Waals surface area (Å²) in [6.07, 6.45) is 3.44. The third-order valence-corrected chi connectivity index (χ3v) is 5.99. The molecule has 2 N–H and O–H groups in total. The molecular formula is C13H22N2O2S2. The van der Waals surface area contributed by atoms with Gasteiger partial charge in [-0.3, -0.25) is 0 Å². The quantitative estimate of drug-likeness (QED) is 0.775. The number of rotatable bonds is 8. The van der Waals surface area contributed by atoms with E-state index in [0.717, 1.165) is 23.8 Å². The van der Waals surface area contributed by atoms with Crippen molar-refractivity contribution in [2.75, 3.05) is 6.54 Å². The van der Waals surface area contributed by atoms with Crippen LogP contribution in [-0.2, 0) is 16.6 Å². The third-order valence-electron chi connectivity index (χ3n) is 3.27. The Balaban J connectivity index is 2.03. The number of hydrogen-bond acceptors (Lipinski definition) is 4. The molecule has 0 aliphatic heterocycles. The first-order valence-electron chi connectivity index (χ1n) is 6.82. The fourth-order valence-corrected chi connectivity index (χ4v) is 4.84. The standard InChI is InChI=1S/C13H22N2O2S2/c1-3-14-9-12-13(6-7-18-12)19(16,17)15-10(2)8-11-4-5-11/h6-7,10-11,14-15H,3-5,8-9H2,1-2H3. The summed E-state index contributed by atoms with van der Waals surface area (Å²) in [6.45, 7) is 5.41. The van der Waals surface area contributed by atoms with Crippen LogP contribution >= 0.6 is 11.3 Å². The smallest absolute Gasteiger partial charge is 0.241 e. The van der Waals surface area contributed by atoms with Gasteiger partial charge in [0.05, 0.1) is 4.90 Å². The highest BCUT2D eigenvalue weighted by Gasteiger charge is 2.27. The van der Waals surface area contributed by atoms with Gasteiger partial charge < -0.3 is 5.32 Å². The molecule has 1 aliphatic rings. The molecule has 0 saturated heterocycles. The molecule has 1 saturated carbocycles. The van der Waals surface area contributed by atoms with Crippen LogP contribution in [0.15, 0.2) is 16.3 Å². The molecule has 1 atom stereocenters. The van der Waals surface area contributed by atoms with E-state index in [9.17, 15) is 8.42 Å². The van der Waals surface area contributed by atoms with Crippen LogP contribution in [0, 0.1) is 5.92 Å². The third kappa shape index (κ3) is 4.27. The van der Waals surface area contributed by atoms with E-state index in [2.05, 4.69) is 10.0 Å². The molecule has 0 bridgehead atoms. The molecule has 6 heteroatoms. The summed E-state index contributed by atoms with van der Waals surface area (Å²) >= 11 is 1.49. The zero-order chi connectivity index (χ0) is 13.9. The fraction of sp³-hybridized carbons (Fsp3) is 0.692. The van der Waals surface area contributed by atoms with Crippen LogP contribution in [-0.4, -0.2) is 21.0 Å². The van der Waals surface area contributed by atoms with E-state index in [4.69, 9.17) is 0 Å². The van der Waals surface area contributed by atoms with Gasteiger partial charge >= 0.3 is 0 Å². The van der Waals surface area contributed by atoms with E-state index in [0.29, 0.717) is 11.4 Å². The largest absolute Gasteiger partial charge is 0.312 e. The van der Waals surface area contributed by atoms with Crippen molar-refractivity contribution in [2.24, 2.45) is 5.92 Å². The van der Waals surface area contributed by atoms with Crippen molar-refractivity contribution in [3.8, 4) is 0 Å². The van der Waals surface area contributed by atoms with Crippen molar-refractivity contribution in [3.05, 3.63) is 16.3 Å². The van der Waals surface area contributed by atoms with Crippen LogP contribution < -0.4 is 10.0 Å². The fourth-order valence-electron chi connectivity index (χ4n) is 2.17. The van der Waals surface area contributed by atoms with Gasteiger partial charge in [-0.2, -0.15) is 0 Å². The second-order valence-corrected chi connectivity index (χ2v) is 7.87. The summed E-state index contributed by atoms with van der Waals surface area (Å²) in [4.78, 5) is 1.31. The number of hydrogen-bond donors (Lipinski definition) is 2. The maximum Gasteiger partial charge on any atom is 0.241 e. The van der Waals surface area contributed by atoms with E-state index < -0.39 is 10.0 Å². The van der Waals surface area contributed by atoms with E-state index >= 15 is 0 Å².